The molecule has 2 aromatic carbocycles. The number of nitrogens with zero attached hydrogens (tertiary/aromatic N) is 1. The molecule has 3 N–H and O–H groups in total. The van der Waals surface area contributed by atoms with Crippen LogP contribution in [0.1, 0.15) is 5.56 Å². The summed E-state index contributed by atoms with van der Waals surface area (Å²) in [6.07, 6.45) is 1.78. The largest absolute Gasteiger partial charge is 0.398 e. The van der Waals surface area contributed by atoms with Gasteiger partial charge < -0.3 is 11.1 Å². The van der Waals surface area contributed by atoms with Crippen molar-refractivity contribution in [2.24, 2.45) is 0 Å². The van der Waals surface area contributed by atoms with Crippen LogP contribution in [0.2, 0.25) is 0 Å². The number of pyridine rings is 1. The Morgan fingerprint density at radius 3 is 2.52 bits per heavy atom. The maximum Gasteiger partial charge on any atom is 0.0954 e. The standard InChI is InChI=1S/C16H13Br2N3/c17-11-3-1-10(2-4-11)8-20-15-6-5-14(19)13-7-12(18)9-21-16(13)15/h1-7,9,20H,8,19H2. The smallest absolute Gasteiger partial charge is 0.0954 e. The zero-order chi connectivity index (χ0) is 14.8. The van der Waals surface area contributed by atoms with Gasteiger partial charge in [-0.2, -0.15) is 0 Å². The first-order valence-corrected chi connectivity index (χ1v) is 8.04. The molecule has 0 spiro atoms. The number of hydrogen-bond acceptors (Lipinski definition) is 3. The predicted octanol–water partition coefficient (Wildman–Crippen LogP) is 4.95. The maximum atomic E-state index is 6.02. The highest BCUT2D eigenvalue weighted by atomic mass is 79.9. The van der Waals surface area contributed by atoms with Crippen molar-refractivity contribution in [3.05, 3.63) is 63.2 Å². The summed E-state index contributed by atoms with van der Waals surface area (Å²) < 4.78 is 2.00. The van der Waals surface area contributed by atoms with Gasteiger partial charge >= 0.3 is 0 Å². The zero-order valence-electron chi connectivity index (χ0n) is 11.1. The van der Waals surface area contributed by atoms with E-state index in [0.29, 0.717) is 0 Å². The summed E-state index contributed by atoms with van der Waals surface area (Å²) in [5.74, 6) is 0. The number of anilines is 2. The predicted molar refractivity (Wildman–Crippen MR) is 95.3 cm³/mol. The number of halogens is 2. The first kappa shape index (κ1) is 14.4. The van der Waals surface area contributed by atoms with E-state index < -0.39 is 0 Å². The monoisotopic (exact) mass is 405 g/mol. The van der Waals surface area contributed by atoms with E-state index in [2.05, 4.69) is 54.3 Å². The lowest BCUT2D eigenvalue weighted by Gasteiger charge is -2.11. The molecule has 0 aliphatic carbocycles. The van der Waals surface area contributed by atoms with Gasteiger partial charge in [0.25, 0.3) is 0 Å². The van der Waals surface area contributed by atoms with E-state index in [9.17, 15) is 0 Å². The van der Waals surface area contributed by atoms with Crippen molar-refractivity contribution >= 4 is 54.1 Å². The van der Waals surface area contributed by atoms with Gasteiger partial charge in [0, 0.05) is 32.8 Å². The van der Waals surface area contributed by atoms with Crippen molar-refractivity contribution in [2.45, 2.75) is 6.54 Å². The molecule has 0 atom stereocenters. The zero-order valence-corrected chi connectivity index (χ0v) is 14.3. The quantitative estimate of drug-likeness (QED) is 0.604. The molecule has 0 aliphatic rings. The molecule has 0 unspecified atom stereocenters. The normalized spacial score (nSPS) is 10.8. The number of hydrogen-bond donors (Lipinski definition) is 2. The van der Waals surface area contributed by atoms with E-state index in [1.807, 2.05) is 30.3 Å². The topological polar surface area (TPSA) is 50.9 Å². The lowest BCUT2D eigenvalue weighted by molar-refractivity contribution is 1.15. The van der Waals surface area contributed by atoms with Crippen molar-refractivity contribution in [2.75, 3.05) is 11.1 Å². The molecule has 0 fully saturated rings. The molecule has 1 heterocycles. The molecule has 0 aliphatic heterocycles. The molecule has 0 radical (unpaired) electrons. The third kappa shape index (κ3) is 3.19. The summed E-state index contributed by atoms with van der Waals surface area (Å²) >= 11 is 6.87. The summed E-state index contributed by atoms with van der Waals surface area (Å²) in [5.41, 5.74) is 9.83. The van der Waals surface area contributed by atoms with E-state index in [0.717, 1.165) is 37.8 Å². The Kier molecular flexibility index (Phi) is 4.12. The summed E-state index contributed by atoms with van der Waals surface area (Å²) in [6.45, 7) is 0.740. The maximum absolute atomic E-state index is 6.02. The lowest BCUT2D eigenvalue weighted by Crippen LogP contribution is -2.01. The van der Waals surface area contributed by atoms with Crippen LogP contribution < -0.4 is 11.1 Å². The van der Waals surface area contributed by atoms with Crippen LogP contribution in [-0.2, 0) is 6.54 Å². The van der Waals surface area contributed by atoms with Crippen LogP contribution in [0.5, 0.6) is 0 Å². The number of nitrogen functional groups attached to an aromatic ring is 1. The molecule has 0 amide bonds. The molecule has 0 bridgehead atoms. The van der Waals surface area contributed by atoms with Crippen molar-refractivity contribution in [3.8, 4) is 0 Å². The minimum Gasteiger partial charge on any atom is -0.398 e. The Morgan fingerprint density at radius 2 is 1.76 bits per heavy atom. The number of rotatable bonds is 3. The number of fused-ring (bicyclic) bond motifs is 1. The minimum absolute atomic E-state index is 0.730. The third-order valence-corrected chi connectivity index (χ3v) is 4.21. The first-order chi connectivity index (χ1) is 10.1. The Labute approximate surface area is 139 Å². The van der Waals surface area contributed by atoms with Crippen LogP contribution in [0, 0.1) is 0 Å². The third-order valence-electron chi connectivity index (χ3n) is 3.25. The summed E-state index contributed by atoms with van der Waals surface area (Å²) in [6, 6.07) is 14.1. The van der Waals surface area contributed by atoms with Crippen molar-refractivity contribution < 1.29 is 0 Å². The van der Waals surface area contributed by atoms with E-state index in [4.69, 9.17) is 5.73 Å². The Hall–Kier alpha value is -1.59. The van der Waals surface area contributed by atoms with Crippen LogP contribution >= 0.6 is 31.9 Å². The van der Waals surface area contributed by atoms with Crippen LogP contribution in [0.3, 0.4) is 0 Å². The van der Waals surface area contributed by atoms with E-state index in [-0.39, 0.29) is 0 Å². The van der Waals surface area contributed by atoms with Gasteiger partial charge in [-0.25, -0.2) is 0 Å². The number of benzene rings is 2. The van der Waals surface area contributed by atoms with Crippen molar-refractivity contribution in [1.29, 1.82) is 0 Å². The van der Waals surface area contributed by atoms with Crippen LogP contribution in [-0.4, -0.2) is 4.98 Å². The fraction of sp³-hybridized carbons (Fsp3) is 0.0625. The summed E-state index contributed by atoms with van der Waals surface area (Å²) in [7, 11) is 0. The molecule has 5 heteroatoms. The molecule has 1 aromatic heterocycles. The van der Waals surface area contributed by atoms with E-state index in [1.165, 1.54) is 5.56 Å². The molecule has 0 saturated carbocycles. The Bertz CT molecular complexity index is 785. The number of nitrogens with one attached hydrogen (secondary N) is 1. The second-order valence-corrected chi connectivity index (χ2v) is 6.56. The van der Waals surface area contributed by atoms with E-state index in [1.54, 1.807) is 6.20 Å². The lowest BCUT2D eigenvalue weighted by atomic mass is 10.1. The fourth-order valence-corrected chi connectivity index (χ4v) is 2.75. The average Bonchev–Trinajstić information content (AvgIpc) is 2.49. The van der Waals surface area contributed by atoms with Gasteiger partial charge in [-0.05, 0) is 51.8 Å². The molecule has 106 valence electrons. The van der Waals surface area contributed by atoms with Crippen LogP contribution in [0.15, 0.2) is 57.6 Å². The highest BCUT2D eigenvalue weighted by Crippen LogP contribution is 2.29. The summed E-state index contributed by atoms with van der Waals surface area (Å²) in [5, 5.41) is 4.37. The SMILES string of the molecule is Nc1ccc(NCc2ccc(Br)cc2)c2ncc(Br)cc12. The molecule has 3 rings (SSSR count). The van der Waals surface area contributed by atoms with Crippen molar-refractivity contribution in [3.63, 3.8) is 0 Å². The molecule has 3 nitrogen and oxygen atoms in total. The molecular weight excluding hydrogens is 394 g/mol. The van der Waals surface area contributed by atoms with Gasteiger partial charge in [-0.3, -0.25) is 4.98 Å². The van der Waals surface area contributed by atoms with Gasteiger partial charge in [-0.15, -0.1) is 0 Å². The van der Waals surface area contributed by atoms with Crippen molar-refractivity contribution in [1.82, 2.24) is 4.98 Å². The first-order valence-electron chi connectivity index (χ1n) is 6.45. The average molecular weight is 407 g/mol. The molecule has 0 saturated heterocycles. The number of aromatic nitrogens is 1. The molecular formula is C16H13Br2N3. The second-order valence-electron chi connectivity index (χ2n) is 4.73. The van der Waals surface area contributed by atoms with Gasteiger partial charge in [0.15, 0.2) is 0 Å². The number of nitrogens with two attached hydrogens (primary N) is 1. The molecule has 21 heavy (non-hydrogen) atoms. The molecule has 3 aromatic rings. The van der Waals surface area contributed by atoms with Gasteiger partial charge in [0.1, 0.15) is 0 Å². The van der Waals surface area contributed by atoms with Crippen LogP contribution in [0.4, 0.5) is 11.4 Å². The van der Waals surface area contributed by atoms with Gasteiger partial charge in [-0.1, -0.05) is 28.1 Å². The second kappa shape index (κ2) is 6.03. The van der Waals surface area contributed by atoms with Gasteiger partial charge in [0.05, 0.1) is 11.2 Å². The van der Waals surface area contributed by atoms with Crippen LogP contribution in [0.25, 0.3) is 10.9 Å². The van der Waals surface area contributed by atoms with Gasteiger partial charge in [0.2, 0.25) is 0 Å². The summed E-state index contributed by atoms with van der Waals surface area (Å²) in [4.78, 5) is 4.47. The highest BCUT2D eigenvalue weighted by molar-refractivity contribution is 9.10. The van der Waals surface area contributed by atoms with E-state index >= 15 is 0 Å². The highest BCUT2D eigenvalue weighted by Gasteiger charge is 2.06. The Balaban J connectivity index is 1.90. The Morgan fingerprint density at radius 1 is 1.00 bits per heavy atom. The minimum atomic E-state index is 0.730. The fourth-order valence-electron chi connectivity index (χ4n) is 2.16.